The maximum absolute atomic E-state index is 13.2. The molecule has 1 N–H and O–H groups in total. The molecule has 9 heteroatoms. The molecule has 1 aromatic carbocycles. The first kappa shape index (κ1) is 18.1. The summed E-state index contributed by atoms with van der Waals surface area (Å²) in [4.78, 5) is 16.7. The van der Waals surface area contributed by atoms with Gasteiger partial charge < -0.3 is 9.52 Å². The third-order valence-corrected chi connectivity index (χ3v) is 4.39. The summed E-state index contributed by atoms with van der Waals surface area (Å²) < 4.78 is 45.7. The predicted octanol–water partition coefficient (Wildman–Crippen LogP) is 5.02. The maximum atomic E-state index is 13.2. The van der Waals surface area contributed by atoms with Crippen LogP contribution in [-0.2, 0) is 6.18 Å². The highest BCUT2D eigenvalue weighted by atomic mass is 35.5. The van der Waals surface area contributed by atoms with Crippen molar-refractivity contribution in [3.8, 4) is 22.8 Å². The molecule has 0 saturated heterocycles. The first-order valence-electron chi connectivity index (χ1n) is 7.93. The molecule has 0 atom stereocenters. The minimum atomic E-state index is -4.72. The molecule has 0 spiro atoms. The topological polar surface area (TPSA) is 68.3 Å². The Hall–Kier alpha value is -3.26. The molecule has 0 radical (unpaired) electrons. The van der Waals surface area contributed by atoms with E-state index in [1.807, 2.05) is 0 Å². The van der Waals surface area contributed by atoms with Gasteiger partial charge in [-0.25, -0.2) is 4.98 Å². The van der Waals surface area contributed by atoms with E-state index in [0.29, 0.717) is 5.02 Å². The van der Waals surface area contributed by atoms with E-state index in [-0.39, 0.29) is 28.0 Å². The number of furan rings is 1. The smallest absolute Gasteiger partial charge is 0.433 e. The molecule has 3 heterocycles. The average molecular weight is 407 g/mol. The molecule has 5 nitrogen and oxygen atoms in total. The van der Waals surface area contributed by atoms with Crippen LogP contribution >= 0.6 is 11.6 Å². The summed E-state index contributed by atoms with van der Waals surface area (Å²) >= 11 is 5.87. The minimum Gasteiger partial charge on any atom is -0.506 e. The Morgan fingerprint density at radius 3 is 2.39 bits per heavy atom. The molecule has 3 aromatic heterocycles. The van der Waals surface area contributed by atoms with Crippen LogP contribution in [0.5, 0.6) is 5.75 Å². The van der Waals surface area contributed by atoms with Crippen LogP contribution in [0.2, 0.25) is 5.02 Å². The van der Waals surface area contributed by atoms with Crippen molar-refractivity contribution in [1.82, 2.24) is 9.55 Å². The summed E-state index contributed by atoms with van der Waals surface area (Å²) in [6.07, 6.45) is -3.40. The lowest BCUT2D eigenvalue weighted by atomic mass is 10.1. The molecule has 0 aliphatic heterocycles. The van der Waals surface area contributed by atoms with E-state index in [0.717, 1.165) is 16.7 Å². The van der Waals surface area contributed by atoms with Crippen LogP contribution in [0.25, 0.3) is 28.0 Å². The van der Waals surface area contributed by atoms with Gasteiger partial charge in [0.05, 0.1) is 17.3 Å². The fourth-order valence-electron chi connectivity index (χ4n) is 2.88. The quantitative estimate of drug-likeness (QED) is 0.507. The molecular formula is C19H10ClF3N2O3. The van der Waals surface area contributed by atoms with Crippen molar-refractivity contribution in [3.05, 3.63) is 75.9 Å². The molecule has 0 unspecified atom stereocenters. The van der Waals surface area contributed by atoms with Crippen molar-refractivity contribution < 1.29 is 22.7 Å². The van der Waals surface area contributed by atoms with E-state index in [2.05, 4.69) is 4.98 Å². The molecule has 0 aliphatic rings. The minimum absolute atomic E-state index is 0.0334. The Labute approximate surface area is 160 Å². The van der Waals surface area contributed by atoms with Crippen molar-refractivity contribution in [2.75, 3.05) is 0 Å². The van der Waals surface area contributed by atoms with Gasteiger partial charge >= 0.3 is 6.18 Å². The van der Waals surface area contributed by atoms with Crippen molar-refractivity contribution >= 4 is 22.6 Å². The highest BCUT2D eigenvalue weighted by molar-refractivity contribution is 6.30. The highest BCUT2D eigenvalue weighted by Gasteiger charge is 2.33. The Morgan fingerprint density at radius 2 is 1.79 bits per heavy atom. The third-order valence-electron chi connectivity index (χ3n) is 4.14. The lowest BCUT2D eigenvalue weighted by Crippen LogP contribution is -2.22. The average Bonchev–Trinajstić information content (AvgIpc) is 3.16. The van der Waals surface area contributed by atoms with E-state index in [4.69, 9.17) is 16.0 Å². The molecular weight excluding hydrogens is 397 g/mol. The number of fused-ring (bicyclic) bond motifs is 1. The summed E-state index contributed by atoms with van der Waals surface area (Å²) in [6, 6.07) is 10.7. The van der Waals surface area contributed by atoms with E-state index in [1.54, 1.807) is 0 Å². The van der Waals surface area contributed by atoms with Gasteiger partial charge in [-0.15, -0.1) is 0 Å². The summed E-state index contributed by atoms with van der Waals surface area (Å²) in [5.41, 5.74) is -2.26. The van der Waals surface area contributed by atoms with Gasteiger partial charge in [0.25, 0.3) is 5.56 Å². The number of aromatic hydroxyl groups is 1. The SMILES string of the molecule is O=c1c(-c2ccco2)c(O)c2ccc(C(F)(F)F)nc2n1-c1ccc(Cl)cc1. The molecule has 4 aromatic rings. The van der Waals surface area contributed by atoms with Crippen molar-refractivity contribution in [2.24, 2.45) is 0 Å². The Balaban J connectivity index is 2.16. The maximum Gasteiger partial charge on any atom is 0.433 e. The second-order valence-electron chi connectivity index (χ2n) is 5.88. The second kappa shape index (κ2) is 6.42. The zero-order chi connectivity index (χ0) is 20.1. The van der Waals surface area contributed by atoms with Gasteiger partial charge in [-0.2, -0.15) is 13.2 Å². The second-order valence-corrected chi connectivity index (χ2v) is 6.32. The van der Waals surface area contributed by atoms with Crippen LogP contribution in [0.15, 0.2) is 64.0 Å². The van der Waals surface area contributed by atoms with Crippen LogP contribution in [0, 0.1) is 0 Å². The van der Waals surface area contributed by atoms with Gasteiger partial charge in [0, 0.05) is 5.02 Å². The largest absolute Gasteiger partial charge is 0.506 e. The Kier molecular flexibility index (Phi) is 4.15. The summed E-state index contributed by atoms with van der Waals surface area (Å²) in [5.74, 6) is -0.437. The van der Waals surface area contributed by atoms with Gasteiger partial charge in [-0.3, -0.25) is 9.36 Å². The summed E-state index contributed by atoms with van der Waals surface area (Å²) in [6.45, 7) is 0. The molecule has 0 fully saturated rings. The number of aromatic nitrogens is 2. The van der Waals surface area contributed by atoms with E-state index in [1.165, 1.54) is 42.7 Å². The van der Waals surface area contributed by atoms with Gasteiger partial charge in [0.2, 0.25) is 0 Å². The summed E-state index contributed by atoms with van der Waals surface area (Å²) in [7, 11) is 0. The van der Waals surface area contributed by atoms with Crippen LogP contribution in [0.3, 0.4) is 0 Å². The Morgan fingerprint density at radius 1 is 1.07 bits per heavy atom. The number of rotatable bonds is 2. The molecule has 4 rings (SSSR count). The van der Waals surface area contributed by atoms with Crippen molar-refractivity contribution in [2.45, 2.75) is 6.18 Å². The monoisotopic (exact) mass is 406 g/mol. The zero-order valence-corrected chi connectivity index (χ0v) is 14.6. The Bertz CT molecular complexity index is 1230. The number of halogens is 4. The fraction of sp³-hybridized carbons (Fsp3) is 0.0526. The van der Waals surface area contributed by atoms with Gasteiger partial charge in [-0.05, 0) is 48.5 Å². The first-order chi connectivity index (χ1) is 13.3. The van der Waals surface area contributed by atoms with E-state index in [9.17, 15) is 23.1 Å². The number of nitrogens with zero attached hydrogens (tertiary/aromatic N) is 2. The molecule has 0 amide bonds. The lowest BCUT2D eigenvalue weighted by Gasteiger charge is -2.15. The molecule has 28 heavy (non-hydrogen) atoms. The molecule has 0 aliphatic carbocycles. The third kappa shape index (κ3) is 2.91. The molecule has 0 saturated carbocycles. The van der Waals surface area contributed by atoms with Gasteiger partial charge in [0.15, 0.2) is 5.65 Å². The van der Waals surface area contributed by atoms with E-state index < -0.39 is 23.2 Å². The first-order valence-corrected chi connectivity index (χ1v) is 8.31. The van der Waals surface area contributed by atoms with Crippen molar-refractivity contribution in [3.63, 3.8) is 0 Å². The van der Waals surface area contributed by atoms with Crippen molar-refractivity contribution in [1.29, 1.82) is 0 Å². The van der Waals surface area contributed by atoms with Gasteiger partial charge in [0.1, 0.15) is 22.8 Å². The molecule has 0 bridgehead atoms. The van der Waals surface area contributed by atoms with Crippen LogP contribution < -0.4 is 5.56 Å². The number of benzene rings is 1. The van der Waals surface area contributed by atoms with E-state index >= 15 is 0 Å². The van der Waals surface area contributed by atoms with Crippen LogP contribution in [0.1, 0.15) is 5.69 Å². The predicted molar refractivity (Wildman–Crippen MR) is 96.7 cm³/mol. The number of hydrogen-bond donors (Lipinski definition) is 1. The number of alkyl halides is 3. The number of hydrogen-bond acceptors (Lipinski definition) is 4. The highest BCUT2D eigenvalue weighted by Crippen LogP contribution is 2.36. The zero-order valence-electron chi connectivity index (χ0n) is 13.9. The van der Waals surface area contributed by atoms with Crippen LogP contribution in [0.4, 0.5) is 13.2 Å². The van der Waals surface area contributed by atoms with Crippen LogP contribution in [-0.4, -0.2) is 14.7 Å². The molecule has 142 valence electrons. The number of pyridine rings is 2. The summed E-state index contributed by atoms with van der Waals surface area (Å²) in [5, 5.41) is 10.9. The fourth-order valence-corrected chi connectivity index (χ4v) is 3.00. The normalized spacial score (nSPS) is 11.9. The lowest BCUT2D eigenvalue weighted by molar-refractivity contribution is -0.141. The standard InChI is InChI=1S/C19H10ClF3N2O3/c20-10-3-5-11(6-4-10)25-17-12(7-8-14(24-17)19(21,22)23)16(26)15(18(25)27)13-2-1-9-28-13/h1-9,26H. The van der Waals surface area contributed by atoms with Gasteiger partial charge in [-0.1, -0.05) is 11.6 Å².